The Morgan fingerprint density at radius 1 is 1.35 bits per heavy atom. The van der Waals surface area contributed by atoms with Gasteiger partial charge in [-0.15, -0.1) is 4.40 Å². The molecule has 0 saturated heterocycles. The fraction of sp³-hybridized carbons (Fsp3) is 0.500. The molecule has 2 N–H and O–H groups in total. The molecule has 1 aliphatic heterocycles. The number of hydrogen-bond acceptors (Lipinski definition) is 4. The molecule has 0 aliphatic carbocycles. The second-order valence-corrected chi connectivity index (χ2v) is 7.79. The van der Waals surface area contributed by atoms with Crippen molar-refractivity contribution in [3.63, 3.8) is 0 Å². The van der Waals surface area contributed by atoms with Gasteiger partial charge in [-0.3, -0.25) is 0 Å². The number of ether oxygens (including phenoxy) is 1. The van der Waals surface area contributed by atoms with E-state index in [1.54, 1.807) is 18.2 Å². The van der Waals surface area contributed by atoms with E-state index in [1.165, 1.54) is 0 Å². The summed E-state index contributed by atoms with van der Waals surface area (Å²) < 4.78 is 32.5. The third-order valence-corrected chi connectivity index (χ3v) is 4.20. The van der Waals surface area contributed by atoms with E-state index in [0.29, 0.717) is 23.5 Å². The molecule has 20 heavy (non-hydrogen) atoms. The fourth-order valence-corrected chi connectivity index (χ4v) is 3.09. The largest absolute Gasteiger partial charge is 0.493 e. The molecule has 0 amide bonds. The molecule has 1 aliphatic rings. The zero-order valence-electron chi connectivity index (χ0n) is 12.0. The molecule has 1 aromatic rings. The van der Waals surface area contributed by atoms with Crippen molar-refractivity contribution >= 4 is 15.9 Å². The highest BCUT2D eigenvalue weighted by molar-refractivity contribution is 7.89. The summed E-state index contributed by atoms with van der Waals surface area (Å²) in [5.41, 5.74) is 7.20. The lowest BCUT2D eigenvalue weighted by Gasteiger charge is -2.21. The van der Waals surface area contributed by atoms with Gasteiger partial charge in [0.25, 0.3) is 10.0 Å². The summed E-state index contributed by atoms with van der Waals surface area (Å²) in [6.07, 6.45) is 0.895. The van der Waals surface area contributed by atoms with Crippen LogP contribution in [0.5, 0.6) is 5.75 Å². The Hall–Kier alpha value is -1.56. The van der Waals surface area contributed by atoms with Gasteiger partial charge in [0.1, 0.15) is 11.6 Å². The maximum absolute atomic E-state index is 11.6. The third-order valence-electron chi connectivity index (χ3n) is 3.05. The van der Waals surface area contributed by atoms with Crippen LogP contribution in [0, 0.1) is 5.41 Å². The van der Waals surface area contributed by atoms with Crippen LogP contribution in [0.4, 0.5) is 0 Å². The van der Waals surface area contributed by atoms with Gasteiger partial charge < -0.3 is 10.5 Å². The van der Waals surface area contributed by atoms with Crippen LogP contribution >= 0.6 is 0 Å². The van der Waals surface area contributed by atoms with Crippen molar-refractivity contribution in [1.82, 2.24) is 0 Å². The van der Waals surface area contributed by atoms with E-state index < -0.39 is 10.0 Å². The predicted octanol–water partition coefficient (Wildman–Crippen LogP) is 2.05. The van der Waals surface area contributed by atoms with Gasteiger partial charge in [-0.05, 0) is 23.5 Å². The molecule has 0 fully saturated rings. The van der Waals surface area contributed by atoms with Crippen LogP contribution in [0.2, 0.25) is 0 Å². The number of sulfonamides is 1. The summed E-state index contributed by atoms with van der Waals surface area (Å²) in [6.45, 7) is 6.97. The molecule has 1 aromatic carbocycles. The van der Waals surface area contributed by atoms with E-state index in [9.17, 15) is 8.42 Å². The van der Waals surface area contributed by atoms with Gasteiger partial charge in [0.05, 0.1) is 17.9 Å². The lowest BCUT2D eigenvalue weighted by molar-refractivity contribution is 0.242. The SMILES string of the molecule is CC(C)(C)CCOc1cccc2c1C(N)=NS(=O)(=O)C2. The van der Waals surface area contributed by atoms with E-state index >= 15 is 0 Å². The molecule has 0 spiro atoms. The Morgan fingerprint density at radius 2 is 2.05 bits per heavy atom. The number of nitrogens with zero attached hydrogens (tertiary/aromatic N) is 1. The van der Waals surface area contributed by atoms with Crippen LogP contribution in [-0.2, 0) is 15.8 Å². The number of hydrogen-bond donors (Lipinski definition) is 1. The lowest BCUT2D eigenvalue weighted by atomic mass is 9.93. The number of rotatable bonds is 3. The van der Waals surface area contributed by atoms with Crippen LogP contribution in [-0.4, -0.2) is 20.9 Å². The average molecular weight is 296 g/mol. The minimum Gasteiger partial charge on any atom is -0.493 e. The fourth-order valence-electron chi connectivity index (χ4n) is 2.00. The van der Waals surface area contributed by atoms with Crippen molar-refractivity contribution in [1.29, 1.82) is 0 Å². The minimum atomic E-state index is -3.50. The first-order chi connectivity index (χ1) is 9.18. The van der Waals surface area contributed by atoms with Crippen molar-refractivity contribution in [3.05, 3.63) is 29.3 Å². The van der Waals surface area contributed by atoms with Gasteiger partial charge in [-0.25, -0.2) is 8.42 Å². The summed E-state index contributed by atoms with van der Waals surface area (Å²) in [6, 6.07) is 5.31. The molecule has 2 rings (SSSR count). The summed E-state index contributed by atoms with van der Waals surface area (Å²) in [7, 11) is -3.50. The molecule has 0 radical (unpaired) electrons. The minimum absolute atomic E-state index is 0.0117. The summed E-state index contributed by atoms with van der Waals surface area (Å²) in [5, 5.41) is 0. The molecule has 1 heterocycles. The van der Waals surface area contributed by atoms with Crippen molar-refractivity contribution in [2.75, 3.05) is 6.61 Å². The number of fused-ring (bicyclic) bond motifs is 1. The zero-order chi connectivity index (χ0) is 15.0. The van der Waals surface area contributed by atoms with Crippen LogP contribution < -0.4 is 10.5 Å². The standard InChI is InChI=1S/C14H20N2O3S/c1-14(2,3)7-8-19-11-6-4-5-10-9-20(17,18)16-13(15)12(10)11/h4-6H,7-9H2,1-3H3,(H2,15,16). The van der Waals surface area contributed by atoms with E-state index in [0.717, 1.165) is 6.42 Å². The molecule has 0 atom stereocenters. The normalized spacial score (nSPS) is 17.2. The van der Waals surface area contributed by atoms with Crippen LogP contribution in [0.25, 0.3) is 0 Å². The number of amidine groups is 1. The van der Waals surface area contributed by atoms with Gasteiger partial charge in [-0.1, -0.05) is 32.9 Å². The Labute approximate surface area is 119 Å². The van der Waals surface area contributed by atoms with Gasteiger partial charge in [0.2, 0.25) is 0 Å². The van der Waals surface area contributed by atoms with Gasteiger partial charge >= 0.3 is 0 Å². The number of nitrogens with two attached hydrogens (primary N) is 1. The Morgan fingerprint density at radius 3 is 2.70 bits per heavy atom. The average Bonchev–Trinajstić information content (AvgIpc) is 2.24. The van der Waals surface area contributed by atoms with Gasteiger partial charge in [0, 0.05) is 0 Å². The van der Waals surface area contributed by atoms with Crippen LogP contribution in [0.15, 0.2) is 22.6 Å². The van der Waals surface area contributed by atoms with Crippen molar-refractivity contribution in [2.24, 2.45) is 15.5 Å². The van der Waals surface area contributed by atoms with E-state index in [4.69, 9.17) is 10.5 Å². The van der Waals surface area contributed by atoms with Gasteiger partial charge in [0.15, 0.2) is 0 Å². The zero-order valence-corrected chi connectivity index (χ0v) is 12.8. The summed E-state index contributed by atoms with van der Waals surface area (Å²) >= 11 is 0. The van der Waals surface area contributed by atoms with Crippen molar-refractivity contribution in [2.45, 2.75) is 32.9 Å². The second-order valence-electron chi connectivity index (χ2n) is 6.15. The molecule has 5 nitrogen and oxygen atoms in total. The molecular weight excluding hydrogens is 276 g/mol. The van der Waals surface area contributed by atoms with Crippen molar-refractivity contribution in [3.8, 4) is 5.75 Å². The molecule has 0 saturated carbocycles. The monoisotopic (exact) mass is 296 g/mol. The third kappa shape index (κ3) is 3.50. The Balaban J connectivity index is 2.26. The first kappa shape index (κ1) is 14.8. The maximum Gasteiger partial charge on any atom is 0.259 e. The molecule has 0 unspecified atom stereocenters. The van der Waals surface area contributed by atoms with Gasteiger partial charge in [-0.2, -0.15) is 0 Å². The van der Waals surface area contributed by atoms with E-state index in [2.05, 4.69) is 25.2 Å². The lowest BCUT2D eigenvalue weighted by Crippen LogP contribution is -2.25. The highest BCUT2D eigenvalue weighted by Gasteiger charge is 2.25. The highest BCUT2D eigenvalue weighted by Crippen LogP contribution is 2.29. The first-order valence-corrected chi connectivity index (χ1v) is 8.12. The second kappa shape index (κ2) is 5.09. The molecule has 0 aromatic heterocycles. The van der Waals surface area contributed by atoms with Crippen molar-refractivity contribution < 1.29 is 13.2 Å². The van der Waals surface area contributed by atoms with Crippen LogP contribution in [0.1, 0.15) is 38.3 Å². The van der Waals surface area contributed by atoms with E-state index in [1.807, 2.05) is 0 Å². The molecule has 110 valence electrons. The smallest absolute Gasteiger partial charge is 0.259 e. The maximum atomic E-state index is 11.6. The van der Waals surface area contributed by atoms with E-state index in [-0.39, 0.29) is 17.0 Å². The predicted molar refractivity (Wildman–Crippen MR) is 79.4 cm³/mol. The topological polar surface area (TPSA) is 81.8 Å². The highest BCUT2D eigenvalue weighted by atomic mass is 32.2. The molecular formula is C14H20N2O3S. The summed E-state index contributed by atoms with van der Waals surface area (Å²) in [4.78, 5) is 0. The Kier molecular flexibility index (Phi) is 3.77. The molecule has 6 heteroatoms. The number of benzene rings is 1. The molecule has 0 bridgehead atoms. The summed E-state index contributed by atoms with van der Waals surface area (Å²) in [5.74, 6) is 0.486. The quantitative estimate of drug-likeness (QED) is 0.925. The Bertz CT molecular complexity index is 643. The first-order valence-electron chi connectivity index (χ1n) is 6.51. The van der Waals surface area contributed by atoms with Crippen LogP contribution in [0.3, 0.4) is 0 Å².